The molecule has 222 valence electrons. The van der Waals surface area contributed by atoms with E-state index in [1.807, 2.05) is 36.4 Å². The maximum atomic E-state index is 11.7. The van der Waals surface area contributed by atoms with E-state index < -0.39 is 23.3 Å². The molecule has 0 saturated heterocycles. The van der Waals surface area contributed by atoms with Gasteiger partial charge in [0, 0.05) is 29.1 Å². The van der Waals surface area contributed by atoms with Crippen LogP contribution in [0.4, 0.5) is 0 Å². The first kappa shape index (κ1) is 31.4. The summed E-state index contributed by atoms with van der Waals surface area (Å²) in [6.07, 6.45) is 3.37. The summed E-state index contributed by atoms with van der Waals surface area (Å²) in [5, 5.41) is 0. The molecule has 4 rings (SSSR count). The van der Waals surface area contributed by atoms with Gasteiger partial charge in [0.1, 0.15) is 17.2 Å². The molecule has 4 aromatic carbocycles. The standard InChI is InChI=1S/C38H34O6/c1-7-34(39)42-31-20-14-27(15-21-31)37(4,5)26-10-12-28(13-11-26)38(6,29-16-22-32(23-17-29)43-35(40)8-2)30-18-24-33(25-19-30)44-36(41)9-3/h7-25H,1-3H2,4-6H3. The highest BCUT2D eigenvalue weighted by atomic mass is 16.5. The molecule has 0 bridgehead atoms. The van der Waals surface area contributed by atoms with Crippen LogP contribution >= 0.6 is 0 Å². The van der Waals surface area contributed by atoms with E-state index in [0.29, 0.717) is 17.2 Å². The fraction of sp³-hybridized carbons (Fsp3) is 0.132. The SMILES string of the molecule is C=CC(=O)Oc1ccc(C(C)(C)c2ccc(C(C)(c3ccc(OC(=O)C=C)cc3)c3ccc(OC(=O)C=C)cc3)cc2)cc1. The molecule has 0 unspecified atom stereocenters. The van der Waals surface area contributed by atoms with Crippen molar-refractivity contribution >= 4 is 17.9 Å². The van der Waals surface area contributed by atoms with E-state index in [1.165, 1.54) is 0 Å². The zero-order valence-corrected chi connectivity index (χ0v) is 25.0. The summed E-state index contributed by atoms with van der Waals surface area (Å²) in [7, 11) is 0. The van der Waals surface area contributed by atoms with Gasteiger partial charge in [-0.2, -0.15) is 0 Å². The van der Waals surface area contributed by atoms with Crippen molar-refractivity contribution in [2.45, 2.75) is 31.6 Å². The smallest absolute Gasteiger partial charge is 0.335 e. The number of hydrogen-bond acceptors (Lipinski definition) is 6. The maximum absolute atomic E-state index is 11.7. The van der Waals surface area contributed by atoms with Crippen LogP contribution in [0.2, 0.25) is 0 Å². The van der Waals surface area contributed by atoms with Crippen LogP contribution in [0.5, 0.6) is 17.2 Å². The summed E-state index contributed by atoms with van der Waals surface area (Å²) in [5.74, 6) is -0.289. The van der Waals surface area contributed by atoms with Gasteiger partial charge in [-0.25, -0.2) is 14.4 Å². The average molecular weight is 587 g/mol. The van der Waals surface area contributed by atoms with E-state index in [4.69, 9.17) is 14.2 Å². The largest absolute Gasteiger partial charge is 0.423 e. The Bertz CT molecular complexity index is 1610. The highest BCUT2D eigenvalue weighted by Crippen LogP contribution is 2.41. The Balaban J connectivity index is 1.71. The fourth-order valence-electron chi connectivity index (χ4n) is 5.01. The second kappa shape index (κ2) is 13.2. The Morgan fingerprint density at radius 2 is 0.682 bits per heavy atom. The summed E-state index contributed by atoms with van der Waals surface area (Å²) in [4.78, 5) is 35.0. The molecule has 0 spiro atoms. The summed E-state index contributed by atoms with van der Waals surface area (Å²) in [6, 6.07) is 30.6. The maximum Gasteiger partial charge on any atom is 0.335 e. The van der Waals surface area contributed by atoms with E-state index in [2.05, 4.69) is 64.8 Å². The van der Waals surface area contributed by atoms with Crippen LogP contribution in [-0.2, 0) is 25.2 Å². The van der Waals surface area contributed by atoms with Crippen molar-refractivity contribution in [1.29, 1.82) is 0 Å². The molecule has 6 heteroatoms. The Labute approximate surface area is 257 Å². The third-order valence-electron chi connectivity index (χ3n) is 7.78. The Hall–Kier alpha value is -5.49. The second-order valence-corrected chi connectivity index (χ2v) is 10.8. The van der Waals surface area contributed by atoms with Gasteiger partial charge in [-0.05, 0) is 71.1 Å². The molecule has 0 atom stereocenters. The highest BCUT2D eigenvalue weighted by molar-refractivity contribution is 5.84. The molecule has 0 amide bonds. The lowest BCUT2D eigenvalue weighted by Gasteiger charge is -2.33. The van der Waals surface area contributed by atoms with Gasteiger partial charge < -0.3 is 14.2 Å². The number of rotatable bonds is 11. The molecule has 0 heterocycles. The van der Waals surface area contributed by atoms with E-state index in [-0.39, 0.29) is 5.41 Å². The highest BCUT2D eigenvalue weighted by Gasteiger charge is 2.32. The molecule has 0 fully saturated rings. The lowest BCUT2D eigenvalue weighted by atomic mass is 9.70. The average Bonchev–Trinajstić information content (AvgIpc) is 3.05. The predicted molar refractivity (Wildman–Crippen MR) is 171 cm³/mol. The first-order valence-corrected chi connectivity index (χ1v) is 14.0. The molecule has 6 nitrogen and oxygen atoms in total. The lowest BCUT2D eigenvalue weighted by molar-refractivity contribution is -0.129. The monoisotopic (exact) mass is 586 g/mol. The Kier molecular flexibility index (Phi) is 9.44. The molecule has 0 aliphatic carbocycles. The Morgan fingerprint density at radius 1 is 0.455 bits per heavy atom. The van der Waals surface area contributed by atoms with Gasteiger partial charge in [-0.15, -0.1) is 0 Å². The normalized spacial score (nSPS) is 11.2. The number of hydrogen-bond donors (Lipinski definition) is 0. The molecular weight excluding hydrogens is 552 g/mol. The van der Waals surface area contributed by atoms with E-state index >= 15 is 0 Å². The van der Waals surface area contributed by atoms with Crippen molar-refractivity contribution in [3.63, 3.8) is 0 Å². The van der Waals surface area contributed by atoms with Crippen molar-refractivity contribution in [2.24, 2.45) is 0 Å². The minimum atomic E-state index is -0.624. The van der Waals surface area contributed by atoms with Crippen LogP contribution in [0.1, 0.15) is 48.6 Å². The molecular formula is C38H34O6. The van der Waals surface area contributed by atoms with Gasteiger partial charge in [0.25, 0.3) is 0 Å². The van der Waals surface area contributed by atoms with Crippen molar-refractivity contribution < 1.29 is 28.6 Å². The second-order valence-electron chi connectivity index (χ2n) is 10.8. The van der Waals surface area contributed by atoms with Crippen molar-refractivity contribution in [3.8, 4) is 17.2 Å². The van der Waals surface area contributed by atoms with Crippen LogP contribution in [0.25, 0.3) is 0 Å². The van der Waals surface area contributed by atoms with Crippen molar-refractivity contribution in [1.82, 2.24) is 0 Å². The summed E-state index contributed by atoms with van der Waals surface area (Å²) in [5.41, 5.74) is 4.13. The number of esters is 3. The van der Waals surface area contributed by atoms with Crippen LogP contribution < -0.4 is 14.2 Å². The molecule has 0 N–H and O–H groups in total. The van der Waals surface area contributed by atoms with Gasteiger partial charge in [-0.3, -0.25) is 0 Å². The van der Waals surface area contributed by atoms with E-state index in [0.717, 1.165) is 46.0 Å². The molecule has 44 heavy (non-hydrogen) atoms. The Morgan fingerprint density at radius 3 is 0.955 bits per heavy atom. The molecule has 0 radical (unpaired) electrons. The third kappa shape index (κ3) is 6.76. The first-order chi connectivity index (χ1) is 21.0. The number of ether oxygens (including phenoxy) is 3. The van der Waals surface area contributed by atoms with Gasteiger partial charge in [0.05, 0.1) is 0 Å². The van der Waals surface area contributed by atoms with Crippen molar-refractivity contribution in [3.05, 3.63) is 163 Å². The number of carbonyl (C=O) groups excluding carboxylic acids is 3. The van der Waals surface area contributed by atoms with Crippen molar-refractivity contribution in [2.75, 3.05) is 0 Å². The number of benzene rings is 4. The first-order valence-electron chi connectivity index (χ1n) is 14.0. The third-order valence-corrected chi connectivity index (χ3v) is 7.78. The zero-order chi connectivity index (χ0) is 31.9. The lowest BCUT2D eigenvalue weighted by Crippen LogP contribution is -2.26. The topological polar surface area (TPSA) is 78.9 Å². The molecule has 4 aromatic rings. The number of carbonyl (C=O) groups is 3. The van der Waals surface area contributed by atoms with Crippen LogP contribution in [0.3, 0.4) is 0 Å². The molecule has 0 aromatic heterocycles. The summed E-state index contributed by atoms with van der Waals surface area (Å²) >= 11 is 0. The minimum Gasteiger partial charge on any atom is -0.423 e. The van der Waals surface area contributed by atoms with Crippen LogP contribution in [0.15, 0.2) is 135 Å². The fourth-order valence-corrected chi connectivity index (χ4v) is 5.01. The van der Waals surface area contributed by atoms with E-state index in [1.54, 1.807) is 36.4 Å². The summed E-state index contributed by atoms with van der Waals surface area (Å²) in [6.45, 7) is 16.7. The van der Waals surface area contributed by atoms with Gasteiger partial charge >= 0.3 is 17.9 Å². The molecule has 0 aliphatic heterocycles. The quantitative estimate of drug-likeness (QED) is 0.0778. The van der Waals surface area contributed by atoms with E-state index in [9.17, 15) is 14.4 Å². The minimum absolute atomic E-state index is 0.344. The predicted octanol–water partition coefficient (Wildman–Crippen LogP) is 7.64. The molecule has 0 aliphatic rings. The zero-order valence-electron chi connectivity index (χ0n) is 25.0. The molecule has 0 saturated carbocycles. The van der Waals surface area contributed by atoms with Gasteiger partial charge in [0.2, 0.25) is 0 Å². The summed E-state index contributed by atoms with van der Waals surface area (Å²) < 4.78 is 15.8. The van der Waals surface area contributed by atoms with Gasteiger partial charge in [0.15, 0.2) is 0 Å². The van der Waals surface area contributed by atoms with Gasteiger partial charge in [-0.1, -0.05) is 94.2 Å². The van der Waals surface area contributed by atoms with Crippen LogP contribution in [-0.4, -0.2) is 17.9 Å². The van der Waals surface area contributed by atoms with Crippen LogP contribution in [0, 0.1) is 0 Å².